The summed E-state index contributed by atoms with van der Waals surface area (Å²) >= 11 is 7.34. The monoisotopic (exact) mass is 286 g/mol. The van der Waals surface area contributed by atoms with Gasteiger partial charge in [0, 0.05) is 5.38 Å². The average molecular weight is 287 g/mol. The molecule has 0 saturated heterocycles. The highest BCUT2D eigenvalue weighted by atomic mass is 35.5. The Morgan fingerprint density at radius 3 is 3.00 bits per heavy atom. The van der Waals surface area contributed by atoms with Crippen LogP contribution >= 0.6 is 22.9 Å². The number of hydrogen-bond acceptors (Lipinski definition) is 4. The summed E-state index contributed by atoms with van der Waals surface area (Å²) in [7, 11) is 0. The van der Waals surface area contributed by atoms with Gasteiger partial charge in [-0.1, -0.05) is 11.6 Å². The molecular weight excluding hydrogens is 277 g/mol. The van der Waals surface area contributed by atoms with Crippen molar-refractivity contribution in [2.45, 2.75) is 6.61 Å². The zero-order valence-electron chi connectivity index (χ0n) is 9.19. The first-order chi connectivity index (χ1) is 8.63. The van der Waals surface area contributed by atoms with E-state index in [0.717, 1.165) is 0 Å². The van der Waals surface area contributed by atoms with Gasteiger partial charge in [-0.05, 0) is 6.07 Å². The second kappa shape index (κ2) is 5.32. The number of hydrogen-bond donors (Lipinski definition) is 2. The van der Waals surface area contributed by atoms with Crippen LogP contribution in [0.3, 0.4) is 0 Å². The Kier molecular flexibility index (Phi) is 3.78. The molecule has 0 spiro atoms. The van der Waals surface area contributed by atoms with Crippen molar-refractivity contribution in [2.24, 2.45) is 0 Å². The summed E-state index contributed by atoms with van der Waals surface area (Å²) in [6.07, 6.45) is 1.19. The number of benzene rings is 1. The minimum atomic E-state index is -0.713. The van der Waals surface area contributed by atoms with Crippen molar-refractivity contribution >= 4 is 34.8 Å². The molecule has 7 heteroatoms. The normalized spacial score (nSPS) is 10.3. The number of anilines is 1. The number of nitrogens with two attached hydrogens (primary N) is 2. The average Bonchev–Trinajstić information content (AvgIpc) is 2.86. The van der Waals surface area contributed by atoms with E-state index in [-0.39, 0.29) is 23.1 Å². The molecule has 2 aromatic rings. The Bertz CT molecular complexity index is 574. The van der Waals surface area contributed by atoms with Crippen molar-refractivity contribution in [1.29, 1.82) is 0 Å². The van der Waals surface area contributed by atoms with Crippen molar-refractivity contribution in [3.8, 4) is 5.75 Å². The van der Waals surface area contributed by atoms with E-state index in [0.29, 0.717) is 11.3 Å². The van der Waals surface area contributed by atoms with E-state index < -0.39 is 5.82 Å². The van der Waals surface area contributed by atoms with Crippen LogP contribution in [-0.4, -0.2) is 11.2 Å². The predicted molar refractivity (Wildman–Crippen MR) is 69.4 cm³/mol. The van der Waals surface area contributed by atoms with E-state index in [2.05, 4.69) is 4.98 Å². The number of nitrogen functional groups attached to an aromatic ring is 1. The van der Waals surface area contributed by atoms with Crippen LogP contribution in [0.25, 0.3) is 0 Å². The lowest BCUT2D eigenvalue weighted by Crippen LogP contribution is -2.30. The minimum absolute atomic E-state index is 0.0878. The molecule has 0 bridgehead atoms. The van der Waals surface area contributed by atoms with Gasteiger partial charge in [-0.25, -0.2) is 9.37 Å². The molecule has 1 heterocycles. The summed E-state index contributed by atoms with van der Waals surface area (Å²) in [4.78, 5) is 4.02. The van der Waals surface area contributed by atoms with Gasteiger partial charge in [0.1, 0.15) is 6.61 Å². The predicted octanol–water partition coefficient (Wildman–Crippen LogP) is 1.27. The van der Waals surface area contributed by atoms with Crippen molar-refractivity contribution in [3.63, 3.8) is 0 Å². The molecule has 4 nitrogen and oxygen atoms in total. The lowest BCUT2D eigenvalue weighted by atomic mass is 10.2. The topological polar surface area (TPSA) is 73.7 Å². The van der Waals surface area contributed by atoms with Crippen LogP contribution in [0.15, 0.2) is 17.0 Å². The van der Waals surface area contributed by atoms with Gasteiger partial charge in [0.05, 0.1) is 27.5 Å². The molecule has 0 aliphatic rings. The van der Waals surface area contributed by atoms with Crippen LogP contribution in [0.2, 0.25) is 5.02 Å². The first-order valence-electron chi connectivity index (χ1n) is 4.95. The molecule has 1 aromatic heterocycles. The summed E-state index contributed by atoms with van der Waals surface area (Å²) in [5.74, 6) is -0.804. The summed E-state index contributed by atoms with van der Waals surface area (Å²) < 4.78 is 19.2. The fourth-order valence-corrected chi connectivity index (χ4v) is 2.16. The largest absolute Gasteiger partial charge is 0.483 e. The molecule has 0 aliphatic heterocycles. The molecule has 4 N–H and O–H groups in total. The zero-order chi connectivity index (χ0) is 13.1. The highest BCUT2D eigenvalue weighted by molar-refractivity contribution is 7.07. The van der Waals surface area contributed by atoms with Gasteiger partial charge < -0.3 is 10.5 Å². The standard InChI is InChI=1S/C11H9ClFN3OS/c12-8-1-6(2-14)10(15)9(13)11(8)17-3-7-4-18-5-16-7/h1-2,4-5,14H,3,15H2/p+1. The lowest BCUT2D eigenvalue weighted by molar-refractivity contribution is -0.104. The molecule has 2 rings (SSSR count). The van der Waals surface area contributed by atoms with Gasteiger partial charge in [0.25, 0.3) is 0 Å². The van der Waals surface area contributed by atoms with Crippen molar-refractivity contribution < 1.29 is 14.5 Å². The van der Waals surface area contributed by atoms with E-state index in [1.807, 2.05) is 0 Å². The molecule has 0 unspecified atom stereocenters. The molecule has 94 valence electrons. The SMILES string of the molecule is Nc1c(C=[NH2+])cc(Cl)c(OCc2cscn2)c1F. The number of halogens is 2. The summed E-state index contributed by atoms with van der Waals surface area (Å²) in [5, 5.41) is 7.23. The molecule has 18 heavy (non-hydrogen) atoms. The van der Waals surface area contributed by atoms with Gasteiger partial charge in [0.15, 0.2) is 17.8 Å². The van der Waals surface area contributed by atoms with Crippen molar-refractivity contribution in [2.75, 3.05) is 5.73 Å². The summed E-state index contributed by atoms with van der Waals surface area (Å²) in [6.45, 7) is 0.130. The smallest absolute Gasteiger partial charge is 0.190 e. The van der Waals surface area contributed by atoms with Gasteiger partial charge >= 0.3 is 0 Å². The highest BCUT2D eigenvalue weighted by Crippen LogP contribution is 2.33. The number of rotatable bonds is 4. The number of nitrogens with zero attached hydrogens (tertiary/aromatic N) is 1. The third-order valence-electron chi connectivity index (χ3n) is 2.27. The fraction of sp³-hybridized carbons (Fsp3) is 0.0909. The van der Waals surface area contributed by atoms with Gasteiger partial charge in [0.2, 0.25) is 0 Å². The maximum atomic E-state index is 13.9. The van der Waals surface area contributed by atoms with Crippen molar-refractivity contribution in [1.82, 2.24) is 4.98 Å². The molecule has 0 radical (unpaired) electrons. The van der Waals surface area contributed by atoms with E-state index in [9.17, 15) is 4.39 Å². The Balaban J connectivity index is 2.28. The molecular formula is C11H10ClFN3OS+. The van der Waals surface area contributed by atoms with E-state index >= 15 is 0 Å². The Labute approximate surface area is 112 Å². The first kappa shape index (κ1) is 12.8. The Morgan fingerprint density at radius 1 is 1.61 bits per heavy atom. The van der Waals surface area contributed by atoms with Gasteiger partial charge in [-0.15, -0.1) is 11.3 Å². The maximum absolute atomic E-state index is 13.9. The molecule has 1 aromatic carbocycles. The molecule has 0 saturated carbocycles. The van der Waals surface area contributed by atoms with Crippen LogP contribution in [0.1, 0.15) is 11.3 Å². The summed E-state index contributed by atoms with van der Waals surface area (Å²) in [5.41, 5.74) is 8.18. The van der Waals surface area contributed by atoms with Crippen LogP contribution in [-0.2, 0) is 6.61 Å². The molecule has 0 amide bonds. The zero-order valence-corrected chi connectivity index (χ0v) is 10.8. The molecule has 0 atom stereocenters. The molecule has 0 fully saturated rings. The number of ether oxygens (including phenoxy) is 1. The van der Waals surface area contributed by atoms with Crippen LogP contribution in [0, 0.1) is 5.82 Å². The lowest BCUT2D eigenvalue weighted by Gasteiger charge is -2.10. The van der Waals surface area contributed by atoms with Gasteiger partial charge in [-0.2, -0.15) is 0 Å². The van der Waals surface area contributed by atoms with Gasteiger partial charge in [-0.3, -0.25) is 5.41 Å². The number of thiazole rings is 1. The van der Waals surface area contributed by atoms with Crippen LogP contribution in [0.4, 0.5) is 10.1 Å². The second-order valence-electron chi connectivity index (χ2n) is 3.44. The van der Waals surface area contributed by atoms with Crippen molar-refractivity contribution in [3.05, 3.63) is 39.1 Å². The maximum Gasteiger partial charge on any atom is 0.190 e. The number of aromatic nitrogens is 1. The third kappa shape index (κ3) is 2.44. The van der Waals surface area contributed by atoms with Crippen LogP contribution < -0.4 is 15.9 Å². The van der Waals surface area contributed by atoms with E-state index in [4.69, 9.17) is 27.5 Å². The quantitative estimate of drug-likeness (QED) is 0.657. The Hall–Kier alpha value is -1.66. The minimum Gasteiger partial charge on any atom is -0.483 e. The Morgan fingerprint density at radius 2 is 2.39 bits per heavy atom. The van der Waals surface area contributed by atoms with Crippen LogP contribution in [0.5, 0.6) is 5.75 Å². The highest BCUT2D eigenvalue weighted by Gasteiger charge is 2.17. The fourth-order valence-electron chi connectivity index (χ4n) is 1.36. The molecule has 0 aliphatic carbocycles. The second-order valence-corrected chi connectivity index (χ2v) is 4.57. The third-order valence-corrected chi connectivity index (χ3v) is 3.19. The van der Waals surface area contributed by atoms with E-state index in [1.165, 1.54) is 23.6 Å². The first-order valence-corrected chi connectivity index (χ1v) is 6.28. The van der Waals surface area contributed by atoms with E-state index in [1.54, 1.807) is 10.9 Å². The summed E-state index contributed by atoms with van der Waals surface area (Å²) in [6, 6.07) is 1.45.